The molecular formula is C17H27ClN8O5. The van der Waals surface area contributed by atoms with E-state index in [0.29, 0.717) is 13.0 Å². The molecule has 1 aromatic heterocycles. The Kier molecular flexibility index (Phi) is 9.42. The predicted octanol–water partition coefficient (Wildman–Crippen LogP) is -1.80. The third-order valence-electron chi connectivity index (χ3n) is 4.49. The van der Waals surface area contributed by atoms with E-state index in [1.807, 2.05) is 0 Å². The molecule has 1 aromatic rings. The zero-order chi connectivity index (χ0) is 22.4. The monoisotopic (exact) mass is 458 g/mol. The van der Waals surface area contributed by atoms with E-state index >= 15 is 0 Å². The van der Waals surface area contributed by atoms with Crippen LogP contribution in [0.2, 0.25) is 0 Å². The van der Waals surface area contributed by atoms with Crippen LogP contribution in [-0.4, -0.2) is 69.2 Å². The summed E-state index contributed by atoms with van der Waals surface area (Å²) < 4.78 is 6.57. The highest BCUT2D eigenvalue weighted by molar-refractivity contribution is 5.85. The van der Waals surface area contributed by atoms with Gasteiger partial charge in [0.1, 0.15) is 5.82 Å². The first-order valence-electron chi connectivity index (χ1n) is 9.10. The molecule has 172 valence electrons. The number of nitrogens with two attached hydrogens (primary N) is 3. The van der Waals surface area contributed by atoms with Gasteiger partial charge in [-0.05, 0) is 18.6 Å². The molecule has 2 rings (SSSR count). The minimum absolute atomic E-state index is 0. The number of hydrogen-bond acceptors (Lipinski definition) is 8. The van der Waals surface area contributed by atoms with Crippen LogP contribution in [0.1, 0.15) is 19.1 Å². The van der Waals surface area contributed by atoms with Crippen LogP contribution in [0.3, 0.4) is 0 Å². The molecule has 13 nitrogen and oxygen atoms in total. The van der Waals surface area contributed by atoms with Gasteiger partial charge in [0.2, 0.25) is 5.91 Å². The van der Waals surface area contributed by atoms with Crippen molar-refractivity contribution >= 4 is 36.1 Å². The molecule has 0 bridgehead atoms. The molecule has 0 radical (unpaired) electrons. The summed E-state index contributed by atoms with van der Waals surface area (Å²) >= 11 is 0. The number of nitrogens with zero attached hydrogens (tertiary/aromatic N) is 3. The number of halogens is 1. The Labute approximate surface area is 184 Å². The van der Waals surface area contributed by atoms with Gasteiger partial charge in [0.15, 0.2) is 18.3 Å². The lowest BCUT2D eigenvalue weighted by Gasteiger charge is -2.31. The maximum absolute atomic E-state index is 12.3. The molecule has 31 heavy (non-hydrogen) atoms. The second-order valence-electron chi connectivity index (χ2n) is 6.87. The minimum atomic E-state index is -1.42. The van der Waals surface area contributed by atoms with E-state index in [1.165, 1.54) is 29.3 Å². The number of carboxylic acid groups (broad SMARTS) is 1. The van der Waals surface area contributed by atoms with Crippen molar-refractivity contribution in [2.75, 3.05) is 19.3 Å². The van der Waals surface area contributed by atoms with Crippen LogP contribution in [0.25, 0.3) is 0 Å². The van der Waals surface area contributed by atoms with Gasteiger partial charge in [-0.1, -0.05) is 6.08 Å². The average Bonchev–Trinajstić information content (AvgIpc) is 2.66. The van der Waals surface area contributed by atoms with Gasteiger partial charge in [-0.15, -0.1) is 12.4 Å². The number of nitrogen functional groups attached to an aromatic ring is 1. The van der Waals surface area contributed by atoms with E-state index in [9.17, 15) is 19.5 Å². The molecule has 0 saturated heterocycles. The van der Waals surface area contributed by atoms with E-state index in [1.54, 1.807) is 7.05 Å². The summed E-state index contributed by atoms with van der Waals surface area (Å²) in [5.74, 6) is -1.84. The molecule has 0 spiro atoms. The average molecular weight is 459 g/mol. The molecular weight excluding hydrogens is 432 g/mol. The van der Waals surface area contributed by atoms with Crippen molar-refractivity contribution in [1.29, 1.82) is 5.41 Å². The molecule has 9 N–H and O–H groups in total. The molecule has 14 heteroatoms. The van der Waals surface area contributed by atoms with Crippen molar-refractivity contribution in [3.63, 3.8) is 0 Å². The Hall–Kier alpha value is -3.16. The van der Waals surface area contributed by atoms with E-state index in [-0.39, 0.29) is 30.6 Å². The Balaban J connectivity index is 0.00000480. The van der Waals surface area contributed by atoms with Crippen molar-refractivity contribution in [3.05, 3.63) is 34.9 Å². The summed E-state index contributed by atoms with van der Waals surface area (Å²) in [4.78, 5) is 40.9. The van der Waals surface area contributed by atoms with Gasteiger partial charge in [-0.25, -0.2) is 9.59 Å². The quantitative estimate of drug-likeness (QED) is 0.146. The second kappa shape index (κ2) is 11.3. The summed E-state index contributed by atoms with van der Waals surface area (Å²) in [7, 11) is 1.63. The molecule has 1 aliphatic rings. The fourth-order valence-electron chi connectivity index (χ4n) is 2.77. The van der Waals surface area contributed by atoms with Crippen LogP contribution < -0.4 is 28.2 Å². The molecule has 1 aliphatic heterocycles. The van der Waals surface area contributed by atoms with E-state index in [0.717, 1.165) is 4.57 Å². The van der Waals surface area contributed by atoms with Gasteiger partial charge in [0, 0.05) is 32.3 Å². The number of guanidine groups is 1. The fourth-order valence-corrected chi connectivity index (χ4v) is 2.77. The number of nitrogens with one attached hydrogen (secondary N) is 2. The maximum Gasteiger partial charge on any atom is 0.351 e. The van der Waals surface area contributed by atoms with E-state index < -0.39 is 42.0 Å². The highest BCUT2D eigenvalue weighted by Gasteiger charge is 2.35. The number of carbonyl (C=O) groups excluding carboxylic acids is 1. The van der Waals surface area contributed by atoms with Crippen molar-refractivity contribution in [3.8, 4) is 0 Å². The van der Waals surface area contributed by atoms with Crippen molar-refractivity contribution in [2.45, 2.75) is 37.3 Å². The number of aromatic nitrogens is 2. The molecule has 0 unspecified atom stereocenters. The Morgan fingerprint density at radius 1 is 1.45 bits per heavy atom. The van der Waals surface area contributed by atoms with Crippen LogP contribution >= 0.6 is 12.4 Å². The largest absolute Gasteiger partial charge is 0.479 e. The predicted molar refractivity (Wildman–Crippen MR) is 115 cm³/mol. The number of carbonyl (C=O) groups is 2. The molecule has 0 fully saturated rings. The number of amides is 1. The molecule has 4 atom stereocenters. The topological polar surface area (TPSA) is 216 Å². The highest BCUT2D eigenvalue weighted by Crippen LogP contribution is 2.20. The van der Waals surface area contributed by atoms with Crippen LogP contribution in [0.5, 0.6) is 0 Å². The smallest absolute Gasteiger partial charge is 0.351 e. The van der Waals surface area contributed by atoms with Gasteiger partial charge >= 0.3 is 11.7 Å². The van der Waals surface area contributed by atoms with Crippen LogP contribution in [0, 0.1) is 5.41 Å². The molecule has 0 aliphatic carbocycles. The Morgan fingerprint density at radius 3 is 2.71 bits per heavy atom. The third-order valence-corrected chi connectivity index (χ3v) is 4.49. The first-order valence-corrected chi connectivity index (χ1v) is 9.10. The van der Waals surface area contributed by atoms with Crippen molar-refractivity contribution < 1.29 is 19.4 Å². The number of hydrogen-bond donors (Lipinski definition) is 6. The number of aliphatic carboxylic acids is 1. The maximum atomic E-state index is 12.3. The van der Waals surface area contributed by atoms with Gasteiger partial charge < -0.3 is 37.3 Å². The lowest BCUT2D eigenvalue weighted by molar-refractivity contribution is -0.159. The fraction of sp³-hybridized carbons (Fsp3) is 0.471. The number of rotatable bonds is 8. The van der Waals surface area contributed by atoms with Crippen LogP contribution in [0.15, 0.2) is 29.2 Å². The van der Waals surface area contributed by atoms with Crippen molar-refractivity contribution in [2.24, 2.45) is 11.5 Å². The number of anilines is 1. The summed E-state index contributed by atoms with van der Waals surface area (Å²) in [5.41, 5.74) is 16.0. The molecule has 1 amide bonds. The van der Waals surface area contributed by atoms with Crippen LogP contribution in [-0.2, 0) is 14.3 Å². The standard InChI is InChI=1S/C17H26N8O5.ClH/c1-24(16(20)21)6-4-9(18)8-12(26)22-10-2-3-13(30-14(10)15(27)28)25-7-5-11(19)23-17(25)29;/h2-3,5,7,9-10,13-14H,4,6,8,18H2,1H3,(H3,20,21)(H,22,26)(H,27,28)(H2,19,23,29);1H/t9-,10+,13+,14+;/m1./s1. The number of carboxylic acids is 1. The summed E-state index contributed by atoms with van der Waals surface area (Å²) in [6, 6.07) is -0.0702. The normalized spacial score (nSPS) is 20.9. The van der Waals surface area contributed by atoms with Gasteiger partial charge in [0.05, 0.1) is 6.04 Å². The second-order valence-corrected chi connectivity index (χ2v) is 6.87. The van der Waals surface area contributed by atoms with Gasteiger partial charge in [-0.3, -0.25) is 14.8 Å². The van der Waals surface area contributed by atoms with Crippen molar-refractivity contribution in [1.82, 2.24) is 19.8 Å². The van der Waals surface area contributed by atoms with E-state index in [4.69, 9.17) is 27.3 Å². The SMILES string of the molecule is CN(CC[C@@H](N)CC(=O)N[C@H]1C=C[C@@H](n2ccc(N)nc2=O)O[C@@H]1C(=O)O)C(=N)N.Cl. The van der Waals surface area contributed by atoms with Crippen LogP contribution in [0.4, 0.5) is 5.82 Å². The Bertz CT molecular complexity index is 892. The lowest BCUT2D eigenvalue weighted by atomic mass is 10.1. The summed E-state index contributed by atoms with van der Waals surface area (Å²) in [6.45, 7) is 0.403. The summed E-state index contributed by atoms with van der Waals surface area (Å²) in [5, 5.41) is 19.4. The molecule has 2 heterocycles. The van der Waals surface area contributed by atoms with E-state index in [2.05, 4.69) is 10.3 Å². The minimum Gasteiger partial charge on any atom is -0.479 e. The number of ether oxygens (including phenoxy) is 1. The lowest BCUT2D eigenvalue weighted by Crippen LogP contribution is -2.51. The first-order chi connectivity index (χ1) is 14.1. The third kappa shape index (κ3) is 7.24. The zero-order valence-corrected chi connectivity index (χ0v) is 17.6. The van der Waals surface area contributed by atoms with Gasteiger partial charge in [-0.2, -0.15) is 4.98 Å². The van der Waals surface area contributed by atoms with Gasteiger partial charge in [0.25, 0.3) is 0 Å². The Morgan fingerprint density at radius 2 is 2.13 bits per heavy atom. The first kappa shape index (κ1) is 25.9. The molecule has 0 saturated carbocycles. The summed E-state index contributed by atoms with van der Waals surface area (Å²) in [6.07, 6.45) is 2.17. The highest BCUT2D eigenvalue weighted by atomic mass is 35.5. The zero-order valence-electron chi connectivity index (χ0n) is 16.8. The molecule has 0 aromatic carbocycles.